The predicted molar refractivity (Wildman–Crippen MR) is 97.7 cm³/mol. The Morgan fingerprint density at radius 2 is 2.00 bits per heavy atom. The first-order chi connectivity index (χ1) is 12.4. The summed E-state index contributed by atoms with van der Waals surface area (Å²) in [6.45, 7) is 1.61. The van der Waals surface area contributed by atoms with E-state index in [2.05, 4.69) is 20.9 Å². The maximum atomic E-state index is 13.5. The maximum Gasteiger partial charge on any atom is 0.341 e. The number of hydrazine groups is 1. The third-order valence-electron chi connectivity index (χ3n) is 3.16. The van der Waals surface area contributed by atoms with Gasteiger partial charge in [-0.1, -0.05) is 12.1 Å². The number of para-hydroxylation sites is 1. The van der Waals surface area contributed by atoms with Gasteiger partial charge in [0.25, 0.3) is 5.91 Å². The number of methoxy groups -OCH3 is 1. The molecule has 0 atom stereocenters. The van der Waals surface area contributed by atoms with Crippen LogP contribution >= 0.6 is 12.2 Å². The van der Waals surface area contributed by atoms with E-state index in [-0.39, 0.29) is 16.4 Å². The van der Waals surface area contributed by atoms with Gasteiger partial charge in [0.2, 0.25) is 0 Å². The van der Waals surface area contributed by atoms with Gasteiger partial charge in [0.05, 0.1) is 12.8 Å². The largest absolute Gasteiger partial charge is 0.465 e. The van der Waals surface area contributed by atoms with E-state index < -0.39 is 17.7 Å². The van der Waals surface area contributed by atoms with Crippen molar-refractivity contribution in [2.45, 2.75) is 6.92 Å². The van der Waals surface area contributed by atoms with Crippen molar-refractivity contribution < 1.29 is 23.1 Å². The summed E-state index contributed by atoms with van der Waals surface area (Å²) in [5.74, 6) is -0.842. The number of hydrogen-bond acceptors (Lipinski definition) is 5. The van der Waals surface area contributed by atoms with Gasteiger partial charge in [0.15, 0.2) is 5.11 Å². The van der Waals surface area contributed by atoms with Crippen molar-refractivity contribution >= 4 is 41.0 Å². The van der Waals surface area contributed by atoms with Gasteiger partial charge in [-0.15, -0.1) is 0 Å². The molecule has 1 aromatic heterocycles. The summed E-state index contributed by atoms with van der Waals surface area (Å²) in [4.78, 5) is 23.3. The van der Waals surface area contributed by atoms with Crippen LogP contribution in [0.4, 0.5) is 10.1 Å². The molecule has 2 aromatic rings. The Labute approximate surface area is 154 Å². The first-order valence-electron chi connectivity index (χ1n) is 7.39. The van der Waals surface area contributed by atoms with E-state index in [1.807, 2.05) is 0 Å². The van der Waals surface area contributed by atoms with Crippen LogP contribution in [0.15, 0.2) is 40.8 Å². The quantitative estimate of drug-likeness (QED) is 0.326. The van der Waals surface area contributed by atoms with Gasteiger partial charge in [-0.25, -0.2) is 9.18 Å². The molecule has 0 radical (unpaired) electrons. The molecule has 0 spiro atoms. The molecule has 0 fully saturated rings. The molecule has 0 unspecified atom stereocenters. The van der Waals surface area contributed by atoms with Crippen LogP contribution in [-0.4, -0.2) is 24.1 Å². The standard InChI is InChI=1S/C17H16FN3O4S/c1-10-12(16(23)24-2)9-11(25-10)7-8-15(22)20-21-17(26)19-14-6-4-3-5-13(14)18/h3-9H,1-2H3,(H,20,22)(H2,19,21,26)/b8-7+. The number of carbonyl (C=O) groups is 2. The summed E-state index contributed by atoms with van der Waals surface area (Å²) in [7, 11) is 1.27. The molecule has 0 bridgehead atoms. The number of halogens is 1. The Morgan fingerprint density at radius 1 is 1.27 bits per heavy atom. The summed E-state index contributed by atoms with van der Waals surface area (Å²) in [5, 5.41) is 2.62. The number of thiocarbonyl (C=S) groups is 1. The lowest BCUT2D eigenvalue weighted by Gasteiger charge is -2.10. The summed E-state index contributed by atoms with van der Waals surface area (Å²) in [6.07, 6.45) is 2.56. The van der Waals surface area contributed by atoms with Crippen molar-refractivity contribution in [3.05, 3.63) is 59.3 Å². The number of rotatable bonds is 4. The lowest BCUT2D eigenvalue weighted by Crippen LogP contribution is -2.43. The normalized spacial score (nSPS) is 10.4. The fourth-order valence-corrected chi connectivity index (χ4v) is 2.09. The zero-order valence-electron chi connectivity index (χ0n) is 14.0. The number of benzene rings is 1. The molecule has 1 heterocycles. The molecule has 3 N–H and O–H groups in total. The van der Waals surface area contributed by atoms with Gasteiger partial charge in [-0.3, -0.25) is 15.6 Å². The lowest BCUT2D eigenvalue weighted by molar-refractivity contribution is -0.116. The van der Waals surface area contributed by atoms with Crippen molar-refractivity contribution in [3.8, 4) is 0 Å². The van der Waals surface area contributed by atoms with E-state index >= 15 is 0 Å². The first-order valence-corrected chi connectivity index (χ1v) is 7.80. The number of furan rings is 1. The molecule has 9 heteroatoms. The fourth-order valence-electron chi connectivity index (χ4n) is 1.93. The molecule has 26 heavy (non-hydrogen) atoms. The van der Waals surface area contributed by atoms with Crippen LogP contribution in [0.1, 0.15) is 21.9 Å². The maximum absolute atomic E-state index is 13.5. The van der Waals surface area contributed by atoms with Crippen molar-refractivity contribution in [2.24, 2.45) is 0 Å². The van der Waals surface area contributed by atoms with Crippen LogP contribution < -0.4 is 16.2 Å². The Bertz CT molecular complexity index is 863. The van der Waals surface area contributed by atoms with E-state index in [0.29, 0.717) is 11.5 Å². The van der Waals surface area contributed by atoms with E-state index in [1.54, 1.807) is 19.1 Å². The third-order valence-corrected chi connectivity index (χ3v) is 3.37. The molecule has 0 aliphatic heterocycles. The molecular weight excluding hydrogens is 361 g/mol. The van der Waals surface area contributed by atoms with Gasteiger partial charge in [-0.05, 0) is 43.4 Å². The predicted octanol–water partition coefficient (Wildman–Crippen LogP) is 2.54. The van der Waals surface area contributed by atoms with Crippen molar-refractivity contribution in [1.29, 1.82) is 0 Å². The Kier molecular flexibility index (Phi) is 6.45. The topological polar surface area (TPSA) is 92.6 Å². The molecule has 7 nitrogen and oxygen atoms in total. The van der Waals surface area contributed by atoms with E-state index in [0.717, 1.165) is 0 Å². The summed E-state index contributed by atoms with van der Waals surface area (Å²) in [5.41, 5.74) is 5.20. The summed E-state index contributed by atoms with van der Waals surface area (Å²) >= 11 is 4.96. The number of amides is 1. The van der Waals surface area contributed by atoms with Crippen LogP contribution in [0.2, 0.25) is 0 Å². The highest BCUT2D eigenvalue weighted by molar-refractivity contribution is 7.80. The Balaban J connectivity index is 1.87. The first kappa shape index (κ1) is 19.1. The minimum atomic E-state index is -0.531. The zero-order valence-corrected chi connectivity index (χ0v) is 14.8. The Morgan fingerprint density at radius 3 is 2.69 bits per heavy atom. The number of esters is 1. The van der Waals surface area contributed by atoms with Crippen LogP contribution in [0.5, 0.6) is 0 Å². The lowest BCUT2D eigenvalue weighted by atomic mass is 10.2. The highest BCUT2D eigenvalue weighted by atomic mass is 32.1. The molecule has 0 aliphatic carbocycles. The molecule has 1 amide bonds. The average Bonchev–Trinajstić information content (AvgIpc) is 3.00. The minimum Gasteiger partial charge on any atom is -0.465 e. The van der Waals surface area contributed by atoms with E-state index in [4.69, 9.17) is 16.6 Å². The zero-order chi connectivity index (χ0) is 19.1. The number of hydrogen-bond donors (Lipinski definition) is 3. The molecule has 0 saturated heterocycles. The van der Waals surface area contributed by atoms with Crippen molar-refractivity contribution in [1.82, 2.24) is 10.9 Å². The van der Waals surface area contributed by atoms with E-state index in [9.17, 15) is 14.0 Å². The van der Waals surface area contributed by atoms with Crippen molar-refractivity contribution in [2.75, 3.05) is 12.4 Å². The number of nitrogens with one attached hydrogen (secondary N) is 3. The van der Waals surface area contributed by atoms with Gasteiger partial charge >= 0.3 is 5.97 Å². The molecule has 0 aliphatic rings. The molecule has 1 aromatic carbocycles. The smallest absolute Gasteiger partial charge is 0.341 e. The van der Waals surface area contributed by atoms with Crippen LogP contribution in [0, 0.1) is 12.7 Å². The third kappa shape index (κ3) is 5.15. The number of anilines is 1. The minimum absolute atomic E-state index is 0.0127. The van der Waals surface area contributed by atoms with E-state index in [1.165, 1.54) is 37.5 Å². The molecule has 0 saturated carbocycles. The average molecular weight is 377 g/mol. The SMILES string of the molecule is COC(=O)c1cc(/C=C/C(=O)NNC(=S)Nc2ccccc2F)oc1C. The number of carbonyl (C=O) groups excluding carboxylic acids is 2. The van der Waals surface area contributed by atoms with Crippen molar-refractivity contribution in [3.63, 3.8) is 0 Å². The molecular formula is C17H16FN3O4S. The molecule has 136 valence electrons. The second-order valence-corrected chi connectivity index (χ2v) is 5.40. The second-order valence-electron chi connectivity index (χ2n) is 4.99. The highest BCUT2D eigenvalue weighted by Gasteiger charge is 2.14. The Hall–Kier alpha value is -3.20. The van der Waals surface area contributed by atoms with Crippen LogP contribution in [0.3, 0.4) is 0 Å². The molecule has 2 rings (SSSR count). The second kappa shape index (κ2) is 8.77. The summed E-state index contributed by atoms with van der Waals surface area (Å²) < 4.78 is 23.4. The van der Waals surface area contributed by atoms with Gasteiger partial charge in [0.1, 0.15) is 22.9 Å². The number of ether oxygens (including phenoxy) is 1. The monoisotopic (exact) mass is 377 g/mol. The highest BCUT2D eigenvalue weighted by Crippen LogP contribution is 2.16. The van der Waals surface area contributed by atoms with Gasteiger partial charge < -0.3 is 14.5 Å². The van der Waals surface area contributed by atoms with Crippen LogP contribution in [0.25, 0.3) is 6.08 Å². The van der Waals surface area contributed by atoms with Gasteiger partial charge in [-0.2, -0.15) is 0 Å². The summed E-state index contributed by atoms with van der Waals surface area (Å²) in [6, 6.07) is 7.43. The number of aryl methyl sites for hydroxylation is 1. The fraction of sp³-hybridized carbons (Fsp3) is 0.118. The van der Waals surface area contributed by atoms with Gasteiger partial charge in [0, 0.05) is 6.08 Å². The van der Waals surface area contributed by atoms with Crippen LogP contribution in [-0.2, 0) is 9.53 Å².